The summed E-state index contributed by atoms with van der Waals surface area (Å²) in [7, 11) is 4.78. The molecule has 0 fully saturated rings. The number of aromatic nitrogens is 1. The highest BCUT2D eigenvalue weighted by Gasteiger charge is 2.14. The van der Waals surface area contributed by atoms with Crippen molar-refractivity contribution in [3.05, 3.63) is 23.6 Å². The normalized spacial score (nSPS) is 10.1. The minimum atomic E-state index is 0.592. The zero-order valence-corrected chi connectivity index (χ0v) is 10.7. The van der Waals surface area contributed by atoms with Crippen molar-refractivity contribution in [2.24, 2.45) is 0 Å². The van der Waals surface area contributed by atoms with Crippen LogP contribution in [0.1, 0.15) is 0 Å². The molecule has 0 bridgehead atoms. The molecule has 0 N–H and O–H groups in total. The van der Waals surface area contributed by atoms with Gasteiger partial charge < -0.3 is 14.2 Å². The highest BCUT2D eigenvalue weighted by atomic mass is 32.1. The first kappa shape index (κ1) is 11.7. The summed E-state index contributed by atoms with van der Waals surface area (Å²) in [6.07, 6.45) is 0. The molecule has 0 atom stereocenters. The van der Waals surface area contributed by atoms with E-state index in [4.69, 9.17) is 14.2 Å². The monoisotopic (exact) mass is 251 g/mol. The second-order valence-electron chi connectivity index (χ2n) is 3.30. The maximum Gasteiger partial charge on any atom is 0.203 e. The van der Waals surface area contributed by atoms with Crippen molar-refractivity contribution in [1.29, 1.82) is 0 Å². The summed E-state index contributed by atoms with van der Waals surface area (Å²) in [5.74, 6) is 1.86. The Balaban J connectivity index is 2.56. The van der Waals surface area contributed by atoms with E-state index < -0.39 is 0 Å². The average Bonchev–Trinajstić information content (AvgIpc) is 2.90. The molecule has 0 saturated carbocycles. The van der Waals surface area contributed by atoms with Gasteiger partial charge in [-0.05, 0) is 29.7 Å². The fraction of sp³-hybridized carbons (Fsp3) is 0.250. The largest absolute Gasteiger partial charge is 0.493 e. The number of hydrogen-bond acceptors (Lipinski definition) is 5. The van der Waals surface area contributed by atoms with E-state index in [2.05, 4.69) is 4.37 Å². The maximum absolute atomic E-state index is 5.29. The maximum atomic E-state index is 5.29. The van der Waals surface area contributed by atoms with E-state index in [0.29, 0.717) is 17.2 Å². The van der Waals surface area contributed by atoms with Crippen LogP contribution in [0, 0.1) is 0 Å². The van der Waals surface area contributed by atoms with Crippen LogP contribution in [0.15, 0.2) is 23.6 Å². The fourth-order valence-corrected chi connectivity index (χ4v) is 2.12. The van der Waals surface area contributed by atoms with Gasteiger partial charge in [0.25, 0.3) is 0 Å². The second-order valence-corrected chi connectivity index (χ2v) is 3.96. The van der Waals surface area contributed by atoms with E-state index >= 15 is 0 Å². The van der Waals surface area contributed by atoms with Gasteiger partial charge in [-0.25, -0.2) is 0 Å². The molecule has 0 spiro atoms. The van der Waals surface area contributed by atoms with Gasteiger partial charge in [0.2, 0.25) is 5.75 Å². The number of ether oxygens (including phenoxy) is 3. The molecule has 0 aliphatic rings. The summed E-state index contributed by atoms with van der Waals surface area (Å²) >= 11 is 1.41. The van der Waals surface area contributed by atoms with Gasteiger partial charge in [-0.15, -0.1) is 0 Å². The number of rotatable bonds is 4. The van der Waals surface area contributed by atoms with Gasteiger partial charge in [-0.1, -0.05) is 0 Å². The summed E-state index contributed by atoms with van der Waals surface area (Å²) in [5, 5.41) is 1.93. The van der Waals surface area contributed by atoms with E-state index in [-0.39, 0.29) is 0 Å². The summed E-state index contributed by atoms with van der Waals surface area (Å²) in [5.41, 5.74) is 1.84. The average molecular weight is 251 g/mol. The van der Waals surface area contributed by atoms with Crippen molar-refractivity contribution < 1.29 is 14.2 Å². The van der Waals surface area contributed by atoms with Crippen LogP contribution in [0.2, 0.25) is 0 Å². The van der Waals surface area contributed by atoms with Gasteiger partial charge in [-0.3, -0.25) is 0 Å². The lowest BCUT2D eigenvalue weighted by molar-refractivity contribution is 0.324. The van der Waals surface area contributed by atoms with E-state index in [1.165, 1.54) is 11.5 Å². The number of hydrogen-bond donors (Lipinski definition) is 0. The third kappa shape index (κ3) is 2.19. The fourth-order valence-electron chi connectivity index (χ4n) is 1.59. The Kier molecular flexibility index (Phi) is 3.49. The molecular weight excluding hydrogens is 238 g/mol. The summed E-state index contributed by atoms with van der Waals surface area (Å²) < 4.78 is 20.1. The number of benzene rings is 1. The van der Waals surface area contributed by atoms with E-state index in [1.54, 1.807) is 21.3 Å². The molecule has 5 heteroatoms. The lowest BCUT2D eigenvalue weighted by Crippen LogP contribution is -1.95. The topological polar surface area (TPSA) is 40.6 Å². The van der Waals surface area contributed by atoms with Gasteiger partial charge in [0, 0.05) is 10.9 Å². The molecule has 1 heterocycles. The van der Waals surface area contributed by atoms with Gasteiger partial charge >= 0.3 is 0 Å². The smallest absolute Gasteiger partial charge is 0.203 e. The molecule has 0 aliphatic carbocycles. The van der Waals surface area contributed by atoms with Crippen LogP contribution in [-0.4, -0.2) is 25.7 Å². The van der Waals surface area contributed by atoms with Crippen LogP contribution in [0.4, 0.5) is 0 Å². The quantitative estimate of drug-likeness (QED) is 0.837. The molecule has 1 aromatic heterocycles. The Hall–Kier alpha value is -1.75. The Bertz CT molecular complexity index is 471. The second kappa shape index (κ2) is 5.05. The minimum absolute atomic E-state index is 0.592. The Labute approximate surface area is 104 Å². The van der Waals surface area contributed by atoms with Crippen LogP contribution < -0.4 is 14.2 Å². The van der Waals surface area contributed by atoms with Crippen molar-refractivity contribution in [1.82, 2.24) is 4.37 Å². The minimum Gasteiger partial charge on any atom is -0.493 e. The van der Waals surface area contributed by atoms with Gasteiger partial charge in [0.1, 0.15) is 0 Å². The van der Waals surface area contributed by atoms with Crippen LogP contribution >= 0.6 is 11.5 Å². The summed E-state index contributed by atoms with van der Waals surface area (Å²) in [6.45, 7) is 0. The molecule has 0 aliphatic heterocycles. The Morgan fingerprint density at radius 1 is 1.00 bits per heavy atom. The highest BCUT2D eigenvalue weighted by molar-refractivity contribution is 7.03. The first-order valence-electron chi connectivity index (χ1n) is 5.01. The molecule has 1 aromatic carbocycles. The number of nitrogens with zero attached hydrogens (tertiary/aromatic N) is 1. The highest BCUT2D eigenvalue weighted by Crippen LogP contribution is 2.40. The Morgan fingerprint density at radius 3 is 2.06 bits per heavy atom. The number of methoxy groups -OCH3 is 3. The van der Waals surface area contributed by atoms with E-state index in [9.17, 15) is 0 Å². The zero-order valence-electron chi connectivity index (χ0n) is 9.89. The van der Waals surface area contributed by atoms with Crippen molar-refractivity contribution in [3.8, 4) is 28.5 Å². The van der Waals surface area contributed by atoms with Crippen molar-refractivity contribution >= 4 is 11.5 Å². The first-order chi connectivity index (χ1) is 8.30. The third-order valence-corrected chi connectivity index (χ3v) is 2.96. The lowest BCUT2D eigenvalue weighted by Gasteiger charge is -2.13. The van der Waals surface area contributed by atoms with Crippen molar-refractivity contribution in [3.63, 3.8) is 0 Å². The Morgan fingerprint density at radius 2 is 1.65 bits per heavy atom. The predicted octanol–water partition coefficient (Wildman–Crippen LogP) is 2.84. The van der Waals surface area contributed by atoms with Crippen LogP contribution in [-0.2, 0) is 0 Å². The molecule has 0 radical (unpaired) electrons. The lowest BCUT2D eigenvalue weighted by atomic mass is 10.1. The molecular formula is C12H13NO3S. The first-order valence-corrected chi connectivity index (χ1v) is 5.84. The molecule has 0 unspecified atom stereocenters. The summed E-state index contributed by atoms with van der Waals surface area (Å²) in [6, 6.07) is 5.72. The van der Waals surface area contributed by atoms with Crippen molar-refractivity contribution in [2.45, 2.75) is 0 Å². The van der Waals surface area contributed by atoms with Gasteiger partial charge in [0.15, 0.2) is 11.5 Å². The van der Waals surface area contributed by atoms with E-state index in [1.807, 2.05) is 23.6 Å². The molecule has 90 valence electrons. The van der Waals surface area contributed by atoms with E-state index in [0.717, 1.165) is 11.3 Å². The zero-order chi connectivity index (χ0) is 12.3. The molecule has 0 saturated heterocycles. The molecule has 0 amide bonds. The third-order valence-electron chi connectivity index (χ3n) is 2.40. The van der Waals surface area contributed by atoms with Crippen LogP contribution in [0.3, 0.4) is 0 Å². The molecule has 17 heavy (non-hydrogen) atoms. The van der Waals surface area contributed by atoms with Gasteiger partial charge in [-0.2, -0.15) is 4.37 Å². The summed E-state index contributed by atoms with van der Waals surface area (Å²) in [4.78, 5) is 0. The predicted molar refractivity (Wildman–Crippen MR) is 67.2 cm³/mol. The van der Waals surface area contributed by atoms with Crippen molar-refractivity contribution in [2.75, 3.05) is 21.3 Å². The molecule has 2 rings (SSSR count). The van der Waals surface area contributed by atoms with Gasteiger partial charge in [0.05, 0.1) is 27.0 Å². The van der Waals surface area contributed by atoms with Crippen LogP contribution in [0.5, 0.6) is 17.2 Å². The van der Waals surface area contributed by atoms with Crippen LogP contribution in [0.25, 0.3) is 11.3 Å². The standard InChI is InChI=1S/C12H13NO3S/c1-14-10-6-8(9-4-5-17-13-9)7-11(15-2)12(10)16-3/h4-7H,1-3H3. The molecule has 4 nitrogen and oxygen atoms in total. The SMILES string of the molecule is COc1cc(-c2ccsn2)cc(OC)c1OC. The molecule has 2 aromatic rings.